The summed E-state index contributed by atoms with van der Waals surface area (Å²) in [5.74, 6) is -1.67. The third-order valence-electron chi connectivity index (χ3n) is 7.41. The standard InChI is InChI=1S/C31H58N4O5/c1-15-16-17-23(10)28(27(34(13)24(11)36)29(37)32-21(6)7)40-31(39)26(20(4)5)35(14)30(38)25(18-19(2)3)33(12)22(8)9/h15-16,19-23,25-28H,17-18H2,1-14H3,(H,32,37)/b16-15+/t23?,25-,26-,27-,28?/m0/s1. The zero-order chi connectivity index (χ0) is 31.5. The van der Waals surface area contributed by atoms with E-state index in [0.717, 1.165) is 0 Å². The lowest BCUT2D eigenvalue weighted by Crippen LogP contribution is -2.59. The molecule has 0 aliphatic heterocycles. The second-order valence-electron chi connectivity index (χ2n) is 12.5. The first-order chi connectivity index (χ1) is 18.4. The van der Waals surface area contributed by atoms with Crippen LogP contribution in [-0.2, 0) is 23.9 Å². The molecule has 1 N–H and O–H groups in total. The summed E-state index contributed by atoms with van der Waals surface area (Å²) in [4.78, 5) is 58.5. The molecule has 9 nitrogen and oxygen atoms in total. The lowest BCUT2D eigenvalue weighted by molar-refractivity contribution is -0.170. The van der Waals surface area contributed by atoms with E-state index in [-0.39, 0.29) is 47.6 Å². The lowest BCUT2D eigenvalue weighted by Gasteiger charge is -2.40. The average Bonchev–Trinajstić information content (AvgIpc) is 2.83. The Morgan fingerprint density at radius 1 is 0.850 bits per heavy atom. The van der Waals surface area contributed by atoms with Gasteiger partial charge in [0.25, 0.3) is 0 Å². The zero-order valence-corrected chi connectivity index (χ0v) is 27.6. The van der Waals surface area contributed by atoms with E-state index >= 15 is 0 Å². The van der Waals surface area contributed by atoms with E-state index < -0.39 is 30.2 Å². The molecular formula is C31H58N4O5. The fraction of sp³-hybridized carbons (Fsp3) is 0.806. The van der Waals surface area contributed by atoms with Gasteiger partial charge in [0.1, 0.15) is 18.2 Å². The van der Waals surface area contributed by atoms with Gasteiger partial charge in [-0.2, -0.15) is 0 Å². The molecule has 0 radical (unpaired) electrons. The van der Waals surface area contributed by atoms with Crippen molar-refractivity contribution >= 4 is 23.7 Å². The van der Waals surface area contributed by atoms with Gasteiger partial charge >= 0.3 is 5.97 Å². The van der Waals surface area contributed by atoms with Gasteiger partial charge in [-0.25, -0.2) is 4.79 Å². The molecule has 0 aliphatic rings. The topological polar surface area (TPSA) is 99.3 Å². The first kappa shape index (κ1) is 37.6. The molecule has 232 valence electrons. The molecule has 3 amide bonds. The van der Waals surface area contributed by atoms with Crippen molar-refractivity contribution in [3.63, 3.8) is 0 Å². The molecule has 0 saturated heterocycles. The Balaban J connectivity index is 6.56. The van der Waals surface area contributed by atoms with Gasteiger partial charge in [0.15, 0.2) is 0 Å². The summed E-state index contributed by atoms with van der Waals surface area (Å²) in [5, 5.41) is 2.88. The average molecular weight is 567 g/mol. The third kappa shape index (κ3) is 11.2. The highest BCUT2D eigenvalue weighted by Gasteiger charge is 2.43. The van der Waals surface area contributed by atoms with Crippen molar-refractivity contribution in [2.24, 2.45) is 17.8 Å². The molecule has 0 fully saturated rings. The molecule has 0 aliphatic carbocycles. The Bertz CT molecular complexity index is 855. The summed E-state index contributed by atoms with van der Waals surface area (Å²) in [7, 11) is 5.13. The summed E-state index contributed by atoms with van der Waals surface area (Å²) in [6, 6.07) is -2.31. The van der Waals surface area contributed by atoms with E-state index in [0.29, 0.717) is 12.8 Å². The van der Waals surface area contributed by atoms with Gasteiger partial charge in [-0.05, 0) is 72.3 Å². The lowest BCUT2D eigenvalue weighted by atomic mass is 9.92. The Morgan fingerprint density at radius 2 is 1.40 bits per heavy atom. The minimum Gasteiger partial charge on any atom is -0.458 e. The van der Waals surface area contributed by atoms with E-state index in [4.69, 9.17) is 4.74 Å². The van der Waals surface area contributed by atoms with E-state index in [1.54, 1.807) is 14.1 Å². The van der Waals surface area contributed by atoms with Crippen molar-refractivity contribution in [1.29, 1.82) is 0 Å². The molecule has 2 unspecified atom stereocenters. The number of carbonyl (C=O) groups excluding carboxylic acids is 4. The minimum atomic E-state index is -1.03. The predicted octanol–water partition coefficient (Wildman–Crippen LogP) is 4.11. The van der Waals surface area contributed by atoms with Gasteiger partial charge in [0, 0.05) is 33.1 Å². The van der Waals surface area contributed by atoms with Gasteiger partial charge in [0.2, 0.25) is 17.7 Å². The van der Waals surface area contributed by atoms with Crippen LogP contribution in [0.15, 0.2) is 12.2 Å². The molecule has 0 aromatic carbocycles. The highest BCUT2D eigenvalue weighted by atomic mass is 16.5. The second-order valence-corrected chi connectivity index (χ2v) is 12.5. The molecule has 0 bridgehead atoms. The smallest absolute Gasteiger partial charge is 0.329 e. The molecule has 0 saturated carbocycles. The Morgan fingerprint density at radius 3 is 1.80 bits per heavy atom. The van der Waals surface area contributed by atoms with Gasteiger partial charge in [-0.15, -0.1) is 0 Å². The summed E-state index contributed by atoms with van der Waals surface area (Å²) in [6.07, 6.45) is 4.12. The number of carbonyl (C=O) groups is 4. The van der Waals surface area contributed by atoms with Crippen molar-refractivity contribution in [2.75, 3.05) is 21.1 Å². The first-order valence-electron chi connectivity index (χ1n) is 14.7. The number of rotatable bonds is 16. The Labute approximate surface area is 244 Å². The van der Waals surface area contributed by atoms with Crippen LogP contribution in [0.2, 0.25) is 0 Å². The maximum Gasteiger partial charge on any atom is 0.329 e. The number of hydrogen-bond donors (Lipinski definition) is 1. The van der Waals surface area contributed by atoms with Crippen molar-refractivity contribution in [3.05, 3.63) is 12.2 Å². The number of nitrogens with one attached hydrogen (secondary N) is 1. The molecule has 9 heteroatoms. The fourth-order valence-corrected chi connectivity index (χ4v) is 4.79. The van der Waals surface area contributed by atoms with Gasteiger partial charge < -0.3 is 19.9 Å². The van der Waals surface area contributed by atoms with Gasteiger partial charge in [0.05, 0.1) is 6.04 Å². The van der Waals surface area contributed by atoms with Crippen molar-refractivity contribution < 1.29 is 23.9 Å². The van der Waals surface area contributed by atoms with Crippen molar-refractivity contribution in [1.82, 2.24) is 20.0 Å². The summed E-state index contributed by atoms with van der Waals surface area (Å²) in [6.45, 7) is 20.8. The molecule has 0 heterocycles. The molecule has 0 aromatic rings. The maximum absolute atomic E-state index is 13.9. The molecule has 0 spiro atoms. The molecule has 5 atom stereocenters. The van der Waals surface area contributed by atoms with Crippen LogP contribution in [0.4, 0.5) is 0 Å². The molecule has 40 heavy (non-hydrogen) atoms. The highest BCUT2D eigenvalue weighted by molar-refractivity contribution is 5.89. The minimum absolute atomic E-state index is 0.143. The molecule has 0 aromatic heterocycles. The number of nitrogens with zero attached hydrogens (tertiary/aromatic N) is 3. The summed E-state index contributed by atoms with van der Waals surface area (Å²) < 4.78 is 6.17. The normalized spacial score (nSPS) is 15.9. The van der Waals surface area contributed by atoms with Crippen LogP contribution in [-0.4, -0.2) is 95.8 Å². The number of ether oxygens (including phenoxy) is 1. The van der Waals surface area contributed by atoms with E-state index in [2.05, 4.69) is 19.2 Å². The fourth-order valence-electron chi connectivity index (χ4n) is 4.79. The number of esters is 1. The monoisotopic (exact) mass is 566 g/mol. The van der Waals surface area contributed by atoms with E-state index in [1.807, 2.05) is 79.5 Å². The van der Waals surface area contributed by atoms with Gasteiger partial charge in [-0.3, -0.25) is 19.3 Å². The number of amides is 3. The Hall–Kier alpha value is -2.42. The van der Waals surface area contributed by atoms with Crippen LogP contribution < -0.4 is 5.32 Å². The molecule has 0 rings (SSSR count). The summed E-state index contributed by atoms with van der Waals surface area (Å²) in [5.41, 5.74) is 0. The van der Waals surface area contributed by atoms with Gasteiger partial charge in [-0.1, -0.05) is 46.8 Å². The van der Waals surface area contributed by atoms with Crippen LogP contribution >= 0.6 is 0 Å². The van der Waals surface area contributed by atoms with Crippen LogP contribution in [0, 0.1) is 17.8 Å². The SMILES string of the molecule is C/C=C/CC(C)C(OC(=O)[C@H](C(C)C)N(C)C(=O)[C@H](CC(C)C)N(C)C(C)C)[C@@H](C(=O)NC(C)C)N(C)C(C)=O. The quantitative estimate of drug-likeness (QED) is 0.223. The van der Waals surface area contributed by atoms with E-state index in [1.165, 1.54) is 16.7 Å². The predicted molar refractivity (Wildman–Crippen MR) is 162 cm³/mol. The number of likely N-dealkylation sites (N-methyl/N-ethyl adjacent to an activating group) is 3. The van der Waals surface area contributed by atoms with E-state index in [9.17, 15) is 19.2 Å². The van der Waals surface area contributed by atoms with Crippen molar-refractivity contribution in [2.45, 2.75) is 125 Å². The zero-order valence-electron chi connectivity index (χ0n) is 27.6. The van der Waals surface area contributed by atoms with Crippen LogP contribution in [0.5, 0.6) is 0 Å². The largest absolute Gasteiger partial charge is 0.458 e. The maximum atomic E-state index is 13.9. The summed E-state index contributed by atoms with van der Waals surface area (Å²) >= 11 is 0. The number of allylic oxidation sites excluding steroid dienone is 2. The Kier molecular flexibility index (Phi) is 16.4. The first-order valence-corrected chi connectivity index (χ1v) is 14.7. The second kappa shape index (κ2) is 17.4. The van der Waals surface area contributed by atoms with Crippen LogP contribution in [0.25, 0.3) is 0 Å². The molecular weight excluding hydrogens is 508 g/mol. The third-order valence-corrected chi connectivity index (χ3v) is 7.41. The van der Waals surface area contributed by atoms with Crippen LogP contribution in [0.3, 0.4) is 0 Å². The number of hydrogen-bond acceptors (Lipinski definition) is 6. The van der Waals surface area contributed by atoms with Crippen LogP contribution in [0.1, 0.15) is 89.0 Å². The van der Waals surface area contributed by atoms with Crippen molar-refractivity contribution in [3.8, 4) is 0 Å². The highest BCUT2D eigenvalue weighted by Crippen LogP contribution is 2.25.